The number of amides is 1. The lowest BCUT2D eigenvalue weighted by Crippen LogP contribution is -2.49. The molecule has 2 aliphatic heterocycles. The fraction of sp³-hybridized carbons (Fsp3) is 0.500. The highest BCUT2D eigenvalue weighted by Gasteiger charge is 2.55. The number of benzene rings is 1. The van der Waals surface area contributed by atoms with Crippen LogP contribution in [0.15, 0.2) is 41.3 Å². The summed E-state index contributed by atoms with van der Waals surface area (Å²) in [7, 11) is -3.80. The maximum absolute atomic E-state index is 14.9. The van der Waals surface area contributed by atoms with E-state index in [4.69, 9.17) is 17.3 Å². The summed E-state index contributed by atoms with van der Waals surface area (Å²) in [5.41, 5.74) is 6.18. The Kier molecular flexibility index (Phi) is 6.90. The molecular formula is C24H28ClF2N5O4S. The van der Waals surface area contributed by atoms with Crippen LogP contribution in [0.4, 0.5) is 20.3 Å². The molecule has 13 heteroatoms. The predicted octanol–water partition coefficient (Wildman–Crippen LogP) is 2.03. The summed E-state index contributed by atoms with van der Waals surface area (Å²) in [4.78, 5) is 19.6. The Hall–Kier alpha value is -2.38. The molecule has 1 aromatic heterocycles. The van der Waals surface area contributed by atoms with Gasteiger partial charge in [0.05, 0.1) is 4.90 Å². The number of carbonyl (C=O) groups excluding carboxylic acids is 1. The molecule has 1 unspecified atom stereocenters. The van der Waals surface area contributed by atoms with E-state index in [9.17, 15) is 27.1 Å². The van der Waals surface area contributed by atoms with Gasteiger partial charge in [-0.1, -0.05) is 11.6 Å². The Bertz CT molecular complexity index is 1290. The standard InChI is InChI=1S/C24H28ClF2N5O4S/c25-21-10-16(24(26,27)20-9-15(20)14-33)11-22(29-21)30-5-7-31(8-6-30)37(35,36)19-3-1-18(2-4-19)32-13-17(28)12-23(32)34/h1-4,10-11,15,17,20,33H,5-9,12-14,28H2/t15-,17+,20?/m0/s1. The number of hydrogen-bond donors (Lipinski definition) is 2. The number of pyridine rings is 1. The van der Waals surface area contributed by atoms with Crippen molar-refractivity contribution in [3.8, 4) is 0 Å². The summed E-state index contributed by atoms with van der Waals surface area (Å²) in [6, 6.07) is 8.33. The average Bonchev–Trinajstić information content (AvgIpc) is 3.61. The third-order valence-electron chi connectivity index (χ3n) is 7.29. The molecule has 9 nitrogen and oxygen atoms in total. The van der Waals surface area contributed by atoms with Gasteiger partial charge in [-0.2, -0.15) is 4.31 Å². The van der Waals surface area contributed by atoms with Gasteiger partial charge >= 0.3 is 0 Å². The lowest BCUT2D eigenvalue weighted by Gasteiger charge is -2.35. The van der Waals surface area contributed by atoms with Crippen molar-refractivity contribution in [2.24, 2.45) is 17.6 Å². The van der Waals surface area contributed by atoms with Gasteiger partial charge in [0.2, 0.25) is 15.9 Å². The minimum Gasteiger partial charge on any atom is -0.396 e. The highest BCUT2D eigenvalue weighted by atomic mass is 35.5. The van der Waals surface area contributed by atoms with Crippen LogP contribution in [0.2, 0.25) is 5.15 Å². The minimum atomic E-state index is -3.80. The zero-order valence-electron chi connectivity index (χ0n) is 19.9. The molecule has 1 amide bonds. The van der Waals surface area contributed by atoms with Crippen LogP contribution in [-0.2, 0) is 20.7 Å². The molecule has 0 spiro atoms. The van der Waals surface area contributed by atoms with Crippen molar-refractivity contribution in [3.63, 3.8) is 0 Å². The summed E-state index contributed by atoms with van der Waals surface area (Å²) in [5, 5.41) is 9.13. The maximum atomic E-state index is 14.9. The average molecular weight is 556 g/mol. The molecule has 0 radical (unpaired) electrons. The van der Waals surface area contributed by atoms with Crippen molar-refractivity contribution in [1.29, 1.82) is 0 Å². The second kappa shape index (κ2) is 9.73. The molecule has 3 aliphatic rings. The van der Waals surface area contributed by atoms with Gasteiger partial charge in [-0.15, -0.1) is 0 Å². The van der Waals surface area contributed by atoms with Gasteiger partial charge in [-0.25, -0.2) is 22.2 Å². The van der Waals surface area contributed by atoms with Crippen LogP contribution >= 0.6 is 11.6 Å². The predicted molar refractivity (Wildman–Crippen MR) is 134 cm³/mol. The molecule has 1 aromatic carbocycles. The van der Waals surface area contributed by atoms with Gasteiger partial charge in [0.15, 0.2) is 0 Å². The smallest absolute Gasteiger partial charge is 0.276 e. The van der Waals surface area contributed by atoms with Crippen LogP contribution in [0.1, 0.15) is 18.4 Å². The van der Waals surface area contributed by atoms with Crippen LogP contribution < -0.4 is 15.5 Å². The van der Waals surface area contributed by atoms with Gasteiger partial charge in [-0.3, -0.25) is 4.79 Å². The molecule has 1 aliphatic carbocycles. The molecular weight excluding hydrogens is 528 g/mol. The third-order valence-corrected chi connectivity index (χ3v) is 9.40. The van der Waals surface area contributed by atoms with E-state index in [1.807, 2.05) is 0 Å². The molecule has 200 valence electrons. The number of hydrogen-bond acceptors (Lipinski definition) is 7. The number of aliphatic hydroxyl groups excluding tert-OH is 1. The van der Waals surface area contributed by atoms with Crippen LogP contribution in [-0.4, -0.2) is 74.1 Å². The van der Waals surface area contributed by atoms with Gasteiger partial charge in [0.1, 0.15) is 11.0 Å². The van der Waals surface area contributed by atoms with Crippen molar-refractivity contribution < 1.29 is 27.1 Å². The number of piperazine rings is 1. The van der Waals surface area contributed by atoms with Crippen LogP contribution in [0, 0.1) is 11.8 Å². The van der Waals surface area contributed by atoms with E-state index in [1.54, 1.807) is 21.9 Å². The van der Waals surface area contributed by atoms with E-state index in [-0.39, 0.29) is 79.0 Å². The summed E-state index contributed by atoms with van der Waals surface area (Å²) < 4.78 is 57.7. The second-order valence-electron chi connectivity index (χ2n) is 9.80. The molecule has 3 fully saturated rings. The van der Waals surface area contributed by atoms with Crippen LogP contribution in [0.5, 0.6) is 0 Å². The topological polar surface area (TPSA) is 120 Å². The van der Waals surface area contributed by atoms with E-state index in [1.165, 1.54) is 22.5 Å². The van der Waals surface area contributed by atoms with Gasteiger partial charge in [0, 0.05) is 69.0 Å². The molecule has 0 bridgehead atoms. The molecule has 37 heavy (non-hydrogen) atoms. The van der Waals surface area contributed by atoms with E-state index < -0.39 is 27.8 Å². The van der Waals surface area contributed by atoms with E-state index in [0.717, 1.165) is 6.07 Å². The number of alkyl halides is 2. The van der Waals surface area contributed by atoms with Crippen molar-refractivity contribution in [1.82, 2.24) is 9.29 Å². The van der Waals surface area contributed by atoms with Crippen molar-refractivity contribution in [2.75, 3.05) is 49.1 Å². The summed E-state index contributed by atoms with van der Waals surface area (Å²) >= 11 is 6.07. The Morgan fingerprint density at radius 1 is 1.14 bits per heavy atom. The normalized spacial score (nSPS) is 25.1. The zero-order valence-corrected chi connectivity index (χ0v) is 21.5. The largest absolute Gasteiger partial charge is 0.396 e. The molecule has 1 saturated carbocycles. The van der Waals surface area contributed by atoms with Gasteiger partial charge in [-0.05, 0) is 48.7 Å². The number of nitrogens with zero attached hydrogens (tertiary/aromatic N) is 4. The lowest BCUT2D eigenvalue weighted by molar-refractivity contribution is -0.117. The number of anilines is 2. The Morgan fingerprint density at radius 2 is 1.81 bits per heavy atom. The first-order valence-corrected chi connectivity index (χ1v) is 13.9. The first-order valence-electron chi connectivity index (χ1n) is 12.1. The number of rotatable bonds is 7. The monoisotopic (exact) mass is 555 g/mol. The molecule has 3 atom stereocenters. The highest BCUT2D eigenvalue weighted by Crippen LogP contribution is 2.54. The van der Waals surface area contributed by atoms with Gasteiger partial charge < -0.3 is 20.6 Å². The first-order chi connectivity index (χ1) is 17.5. The van der Waals surface area contributed by atoms with E-state index in [0.29, 0.717) is 12.2 Å². The van der Waals surface area contributed by atoms with E-state index >= 15 is 0 Å². The van der Waals surface area contributed by atoms with Crippen molar-refractivity contribution in [3.05, 3.63) is 47.1 Å². The zero-order chi connectivity index (χ0) is 26.5. The summed E-state index contributed by atoms with van der Waals surface area (Å²) in [6.45, 7) is 0.880. The number of carbonyl (C=O) groups is 1. The lowest BCUT2D eigenvalue weighted by atomic mass is 10.0. The quantitative estimate of drug-likeness (QED) is 0.502. The summed E-state index contributed by atoms with van der Waals surface area (Å²) in [5.74, 6) is -4.34. The highest BCUT2D eigenvalue weighted by molar-refractivity contribution is 7.89. The Balaban J connectivity index is 1.26. The van der Waals surface area contributed by atoms with E-state index in [2.05, 4.69) is 4.98 Å². The SMILES string of the molecule is N[C@@H]1CC(=O)N(c2ccc(S(=O)(=O)N3CCN(c4cc(C(F)(F)C5C[C@H]5CO)cc(Cl)n4)CC3)cc2)C1. The Labute approximate surface area is 218 Å². The molecule has 2 saturated heterocycles. The van der Waals surface area contributed by atoms with Crippen molar-refractivity contribution >= 4 is 39.0 Å². The number of aromatic nitrogens is 1. The third kappa shape index (κ3) is 5.05. The molecule has 5 rings (SSSR count). The van der Waals surface area contributed by atoms with Crippen LogP contribution in [0.3, 0.4) is 0 Å². The number of nitrogens with two attached hydrogens (primary N) is 1. The number of halogens is 3. The molecule has 2 aromatic rings. The van der Waals surface area contributed by atoms with Crippen LogP contribution in [0.25, 0.3) is 0 Å². The van der Waals surface area contributed by atoms with Crippen molar-refractivity contribution in [2.45, 2.75) is 29.7 Å². The fourth-order valence-corrected chi connectivity index (χ4v) is 6.66. The first kappa shape index (κ1) is 26.2. The second-order valence-corrected chi connectivity index (χ2v) is 12.1. The van der Waals surface area contributed by atoms with Gasteiger partial charge in [0.25, 0.3) is 5.92 Å². The maximum Gasteiger partial charge on any atom is 0.276 e. The number of sulfonamides is 1. The minimum absolute atomic E-state index is 0.0686. The molecule has 3 heterocycles. The molecule has 3 N–H and O–H groups in total. The fourth-order valence-electron chi connectivity index (χ4n) is 5.03. The summed E-state index contributed by atoms with van der Waals surface area (Å²) in [6.07, 6.45) is 0.507. The number of aliphatic hydroxyl groups is 1. The Morgan fingerprint density at radius 3 is 2.38 bits per heavy atom.